The molecule has 0 amide bonds. The van der Waals surface area contributed by atoms with E-state index in [1.165, 1.54) is 0 Å². The van der Waals surface area contributed by atoms with E-state index in [4.69, 9.17) is 11.6 Å². The molecule has 0 aliphatic carbocycles. The molecule has 0 fully saturated rings. The smallest absolute Gasteiger partial charge is 0.268 e. The Hall–Kier alpha value is -3.50. The van der Waals surface area contributed by atoms with Crippen molar-refractivity contribution in [1.82, 2.24) is 4.57 Å². The number of anilines is 1. The van der Waals surface area contributed by atoms with Crippen LogP contribution in [0.15, 0.2) is 90.2 Å². The zero-order valence-electron chi connectivity index (χ0n) is 14.9. The maximum Gasteiger partial charge on any atom is 0.268 e. The Bertz CT molecular complexity index is 1250. The van der Waals surface area contributed by atoms with E-state index >= 15 is 0 Å². The molecule has 138 valence electrons. The lowest BCUT2D eigenvalue weighted by molar-refractivity contribution is 0.478. The van der Waals surface area contributed by atoms with Gasteiger partial charge in [-0.25, -0.2) is 0 Å². The van der Waals surface area contributed by atoms with Gasteiger partial charge in [-0.05, 0) is 36.4 Å². The van der Waals surface area contributed by atoms with Gasteiger partial charge < -0.3 is 10.4 Å². The van der Waals surface area contributed by atoms with Crippen LogP contribution in [0.1, 0.15) is 5.56 Å². The maximum atomic E-state index is 13.4. The second kappa shape index (κ2) is 7.25. The third-order valence-electron chi connectivity index (χ3n) is 4.53. The van der Waals surface area contributed by atoms with Crippen molar-refractivity contribution in [1.29, 1.82) is 0 Å². The first-order valence-corrected chi connectivity index (χ1v) is 9.08. The van der Waals surface area contributed by atoms with Crippen molar-refractivity contribution in [2.45, 2.75) is 0 Å². The summed E-state index contributed by atoms with van der Waals surface area (Å²) in [5.41, 5.74) is 1.92. The van der Waals surface area contributed by atoms with E-state index in [9.17, 15) is 9.90 Å². The first-order chi connectivity index (χ1) is 13.6. The van der Waals surface area contributed by atoms with Gasteiger partial charge in [-0.2, -0.15) is 0 Å². The molecule has 5 heteroatoms. The van der Waals surface area contributed by atoms with E-state index in [-0.39, 0.29) is 22.6 Å². The Kier molecular flexibility index (Phi) is 4.63. The number of pyridine rings is 1. The predicted octanol–water partition coefficient (Wildman–Crippen LogP) is 5.43. The summed E-state index contributed by atoms with van der Waals surface area (Å²) in [6.45, 7) is 3.98. The number of nitrogens with one attached hydrogen (secondary N) is 1. The van der Waals surface area contributed by atoms with Crippen molar-refractivity contribution in [2.24, 2.45) is 0 Å². The number of halogens is 1. The van der Waals surface area contributed by atoms with Gasteiger partial charge in [-0.15, -0.1) is 0 Å². The van der Waals surface area contributed by atoms with E-state index in [0.717, 1.165) is 0 Å². The van der Waals surface area contributed by atoms with Crippen molar-refractivity contribution in [3.63, 3.8) is 0 Å². The van der Waals surface area contributed by atoms with E-state index < -0.39 is 0 Å². The number of aromatic hydroxyl groups is 1. The van der Waals surface area contributed by atoms with Gasteiger partial charge in [-0.3, -0.25) is 9.36 Å². The van der Waals surface area contributed by atoms with Crippen molar-refractivity contribution in [3.8, 4) is 11.4 Å². The largest absolute Gasteiger partial charge is 0.506 e. The minimum atomic E-state index is -0.369. The van der Waals surface area contributed by atoms with Crippen LogP contribution in [0, 0.1) is 0 Å². The molecule has 0 radical (unpaired) electrons. The average molecular weight is 389 g/mol. The molecule has 0 spiro atoms. The average Bonchev–Trinajstić information content (AvgIpc) is 2.71. The molecule has 4 rings (SSSR count). The molecule has 4 nitrogen and oxygen atoms in total. The molecule has 4 aromatic rings. The second-order valence-corrected chi connectivity index (χ2v) is 6.71. The molecule has 2 N–H and O–H groups in total. The topological polar surface area (TPSA) is 54.3 Å². The summed E-state index contributed by atoms with van der Waals surface area (Å²) in [6, 6.07) is 23.7. The molecule has 0 unspecified atom stereocenters. The SMILES string of the molecule is C=C(Nc1ccccc1Cl)c1c(O)c2ccccc2n(-c2ccccc2)c1=O. The third kappa shape index (κ3) is 3.04. The van der Waals surface area contributed by atoms with Crippen LogP contribution in [0.2, 0.25) is 5.02 Å². The minimum absolute atomic E-state index is 0.0995. The predicted molar refractivity (Wildman–Crippen MR) is 115 cm³/mol. The fourth-order valence-corrected chi connectivity index (χ4v) is 3.40. The fraction of sp³-hybridized carbons (Fsp3) is 0. The Balaban J connectivity index is 1.96. The third-order valence-corrected chi connectivity index (χ3v) is 4.86. The number of benzene rings is 3. The second-order valence-electron chi connectivity index (χ2n) is 6.30. The molecule has 0 bridgehead atoms. The number of hydrogen-bond acceptors (Lipinski definition) is 3. The van der Waals surface area contributed by atoms with Gasteiger partial charge >= 0.3 is 0 Å². The van der Waals surface area contributed by atoms with E-state index in [1.54, 1.807) is 28.8 Å². The molecule has 0 saturated carbocycles. The van der Waals surface area contributed by atoms with E-state index in [1.807, 2.05) is 54.6 Å². The summed E-state index contributed by atoms with van der Waals surface area (Å²) in [4.78, 5) is 13.4. The summed E-state index contributed by atoms with van der Waals surface area (Å²) < 4.78 is 1.57. The lowest BCUT2D eigenvalue weighted by Gasteiger charge is -2.17. The molecule has 0 saturated heterocycles. The number of fused-ring (bicyclic) bond motifs is 1. The van der Waals surface area contributed by atoms with Crippen LogP contribution in [0.3, 0.4) is 0 Å². The monoisotopic (exact) mass is 388 g/mol. The first kappa shape index (κ1) is 17.9. The Labute approximate surface area is 167 Å². The summed E-state index contributed by atoms with van der Waals surface area (Å²) >= 11 is 6.21. The summed E-state index contributed by atoms with van der Waals surface area (Å²) in [7, 11) is 0. The van der Waals surface area contributed by atoms with Gasteiger partial charge in [-0.1, -0.05) is 60.6 Å². The Morgan fingerprint density at radius 2 is 1.57 bits per heavy atom. The molecular formula is C23H17ClN2O2. The highest BCUT2D eigenvalue weighted by Gasteiger charge is 2.19. The molecule has 0 atom stereocenters. The number of hydrogen-bond donors (Lipinski definition) is 2. The highest BCUT2D eigenvalue weighted by Crippen LogP contribution is 2.32. The molecule has 28 heavy (non-hydrogen) atoms. The van der Waals surface area contributed by atoms with Crippen LogP contribution in [0.25, 0.3) is 22.3 Å². The molecule has 0 aliphatic rings. The fourth-order valence-electron chi connectivity index (χ4n) is 3.22. The number of nitrogens with zero attached hydrogens (tertiary/aromatic N) is 1. The molecule has 1 aromatic heterocycles. The van der Waals surface area contributed by atoms with E-state index in [0.29, 0.717) is 27.3 Å². The standard InChI is InChI=1S/C23H17ClN2O2/c1-15(25-19-13-7-6-12-18(19)24)21-22(27)17-11-5-8-14-20(17)26(23(21)28)16-9-3-2-4-10-16/h2-14,25,27H,1H2. The van der Waals surface area contributed by atoms with Crippen LogP contribution in [0.4, 0.5) is 5.69 Å². The maximum absolute atomic E-state index is 13.4. The summed E-state index contributed by atoms with van der Waals surface area (Å²) in [5, 5.41) is 15.0. The number of rotatable bonds is 4. The highest BCUT2D eigenvalue weighted by atomic mass is 35.5. The van der Waals surface area contributed by atoms with Crippen molar-refractivity contribution in [3.05, 3.63) is 106 Å². The van der Waals surface area contributed by atoms with Gasteiger partial charge in [0.15, 0.2) is 0 Å². The minimum Gasteiger partial charge on any atom is -0.506 e. The molecule has 1 heterocycles. The number of aromatic nitrogens is 1. The quantitative estimate of drug-likeness (QED) is 0.490. The van der Waals surface area contributed by atoms with Crippen LogP contribution < -0.4 is 10.9 Å². The van der Waals surface area contributed by atoms with Crippen LogP contribution in [-0.4, -0.2) is 9.67 Å². The van der Waals surface area contributed by atoms with Crippen molar-refractivity contribution < 1.29 is 5.11 Å². The van der Waals surface area contributed by atoms with Gasteiger partial charge in [0.2, 0.25) is 0 Å². The Morgan fingerprint density at radius 1 is 0.929 bits per heavy atom. The molecule has 0 aliphatic heterocycles. The van der Waals surface area contributed by atoms with Gasteiger partial charge in [0.1, 0.15) is 11.3 Å². The summed E-state index contributed by atoms with van der Waals surface area (Å²) in [5.74, 6) is -0.114. The van der Waals surface area contributed by atoms with Gasteiger partial charge in [0, 0.05) is 16.8 Å². The molecular weight excluding hydrogens is 372 g/mol. The normalized spacial score (nSPS) is 10.8. The van der Waals surface area contributed by atoms with Crippen molar-refractivity contribution in [2.75, 3.05) is 5.32 Å². The number of para-hydroxylation sites is 3. The lowest BCUT2D eigenvalue weighted by Crippen LogP contribution is -2.24. The highest BCUT2D eigenvalue weighted by molar-refractivity contribution is 6.33. The zero-order valence-corrected chi connectivity index (χ0v) is 15.6. The van der Waals surface area contributed by atoms with Crippen LogP contribution >= 0.6 is 11.6 Å². The first-order valence-electron chi connectivity index (χ1n) is 8.71. The van der Waals surface area contributed by atoms with E-state index in [2.05, 4.69) is 11.9 Å². The summed E-state index contributed by atoms with van der Waals surface area (Å²) in [6.07, 6.45) is 0. The zero-order chi connectivity index (χ0) is 19.7. The van der Waals surface area contributed by atoms with Gasteiger partial charge in [0.25, 0.3) is 5.56 Å². The van der Waals surface area contributed by atoms with Gasteiger partial charge in [0.05, 0.1) is 16.2 Å². The van der Waals surface area contributed by atoms with Crippen LogP contribution in [0.5, 0.6) is 5.75 Å². The van der Waals surface area contributed by atoms with Crippen LogP contribution in [-0.2, 0) is 0 Å². The lowest BCUT2D eigenvalue weighted by atomic mass is 10.1. The Morgan fingerprint density at radius 3 is 2.32 bits per heavy atom. The van der Waals surface area contributed by atoms with Crippen molar-refractivity contribution >= 4 is 33.9 Å². The molecule has 3 aromatic carbocycles.